The van der Waals surface area contributed by atoms with Crippen LogP contribution in [-0.4, -0.2) is 82.1 Å². The molecule has 4 amide bonds. The van der Waals surface area contributed by atoms with E-state index in [2.05, 4.69) is 16.1 Å². The van der Waals surface area contributed by atoms with Crippen LogP contribution in [0.1, 0.15) is 98.7 Å². The predicted octanol–water partition coefficient (Wildman–Crippen LogP) is 9.04. The van der Waals surface area contributed by atoms with Crippen molar-refractivity contribution in [2.24, 2.45) is 23.7 Å². The van der Waals surface area contributed by atoms with E-state index in [1.54, 1.807) is 99.6 Å². The molecule has 5 rings (SSSR count). The topological polar surface area (TPSA) is 161 Å². The Morgan fingerprint density at radius 1 is 0.773 bits per heavy atom. The van der Waals surface area contributed by atoms with E-state index in [4.69, 9.17) is 4.74 Å². The summed E-state index contributed by atoms with van der Waals surface area (Å²) in [5.74, 6) is -5.48. The number of nitrogens with one attached hydrogen (secondary N) is 3. The van der Waals surface area contributed by atoms with E-state index in [0.29, 0.717) is 36.3 Å². The number of carboxylic acid groups (broad SMARTS) is 1. The second-order valence-corrected chi connectivity index (χ2v) is 19.1. The van der Waals surface area contributed by atoms with Gasteiger partial charge in [0.15, 0.2) is 5.54 Å². The van der Waals surface area contributed by atoms with Crippen LogP contribution < -0.4 is 21.0 Å². The van der Waals surface area contributed by atoms with Crippen molar-refractivity contribution >= 4 is 41.2 Å². The van der Waals surface area contributed by atoms with E-state index in [-0.39, 0.29) is 17.4 Å². The summed E-state index contributed by atoms with van der Waals surface area (Å²) in [4.78, 5) is 78.0. The molecule has 0 aliphatic carbocycles. The third kappa shape index (κ3) is 11.4. The van der Waals surface area contributed by atoms with Crippen molar-refractivity contribution in [3.05, 3.63) is 132 Å². The van der Waals surface area contributed by atoms with E-state index in [1.165, 1.54) is 21.9 Å². The summed E-state index contributed by atoms with van der Waals surface area (Å²) < 4.78 is 6.17. The standard InChI is InChI=1S/C53H70N6O7/c1-11-37(6)44(55-47(60)42-33-24-34-54-42)48(61)57(10)45(36(4)5)49(62)59(56-40-29-20-14-21-30-40)53(50(63)64,39-27-18-13-19-28-39)43(35(2)3)46(38-25-16-12-17-26-38)58(41-31-22-15-23-32-41)51(65)66-52(7,8)9/h12-23,25-32,35-37,42-46,54,56H,11,24,33-34H2,1-10H3,(H,55,60)(H,63,64)/t37-,42+,43?,44+,45+,46?,53+/m1/s1. The molecule has 4 N–H and O–H groups in total. The second kappa shape index (κ2) is 22.3. The fourth-order valence-electron chi connectivity index (χ4n) is 9.24. The van der Waals surface area contributed by atoms with Gasteiger partial charge in [-0.2, -0.15) is 0 Å². The molecule has 1 heterocycles. The largest absolute Gasteiger partial charge is 0.479 e. The molecule has 2 unspecified atom stereocenters. The number of aliphatic carboxylic acids is 1. The Kier molecular flexibility index (Phi) is 17.2. The summed E-state index contributed by atoms with van der Waals surface area (Å²) in [7, 11) is 1.54. The van der Waals surface area contributed by atoms with Crippen LogP contribution in [0.3, 0.4) is 0 Å². The van der Waals surface area contributed by atoms with Crippen LogP contribution in [0.15, 0.2) is 121 Å². The Hall–Kier alpha value is -6.21. The van der Waals surface area contributed by atoms with Crippen molar-refractivity contribution in [2.75, 3.05) is 23.9 Å². The highest BCUT2D eigenvalue weighted by Crippen LogP contribution is 2.51. The molecule has 0 radical (unpaired) electrons. The number of benzene rings is 4. The van der Waals surface area contributed by atoms with Gasteiger partial charge in [0.05, 0.1) is 17.8 Å². The third-order valence-corrected chi connectivity index (χ3v) is 12.5. The number of amides is 4. The summed E-state index contributed by atoms with van der Waals surface area (Å²) >= 11 is 0. The molecule has 4 aromatic rings. The molecule has 1 aliphatic rings. The van der Waals surface area contributed by atoms with Gasteiger partial charge in [-0.15, -0.1) is 0 Å². The first-order valence-electron chi connectivity index (χ1n) is 23.2. The molecule has 1 fully saturated rings. The molecule has 1 saturated heterocycles. The molecule has 13 heteroatoms. The number of likely N-dealkylation sites (N-methyl/N-ethyl adjacent to an activating group) is 1. The number of hydrazine groups is 1. The first-order valence-corrected chi connectivity index (χ1v) is 23.2. The molecule has 1 aliphatic heterocycles. The molecular weight excluding hydrogens is 833 g/mol. The van der Waals surface area contributed by atoms with Crippen LogP contribution in [0, 0.1) is 23.7 Å². The maximum atomic E-state index is 16.3. The van der Waals surface area contributed by atoms with Crippen molar-refractivity contribution in [2.45, 2.75) is 117 Å². The smallest absolute Gasteiger partial charge is 0.415 e. The molecule has 0 spiro atoms. The van der Waals surface area contributed by atoms with Gasteiger partial charge in [-0.3, -0.25) is 24.7 Å². The van der Waals surface area contributed by atoms with Gasteiger partial charge in [0.1, 0.15) is 17.7 Å². The van der Waals surface area contributed by atoms with Gasteiger partial charge >= 0.3 is 12.1 Å². The summed E-state index contributed by atoms with van der Waals surface area (Å²) in [5, 5.41) is 19.8. The summed E-state index contributed by atoms with van der Waals surface area (Å²) in [6, 6.07) is 31.8. The molecule has 66 heavy (non-hydrogen) atoms. The van der Waals surface area contributed by atoms with Gasteiger partial charge in [0.25, 0.3) is 5.91 Å². The lowest BCUT2D eigenvalue weighted by Crippen LogP contribution is -2.68. The number of ether oxygens (including phenoxy) is 1. The number of hydrogen-bond donors (Lipinski definition) is 4. The molecule has 0 saturated carbocycles. The number of carbonyl (C=O) groups is 5. The molecule has 13 nitrogen and oxygen atoms in total. The van der Waals surface area contributed by atoms with E-state index >= 15 is 9.59 Å². The molecule has 0 aromatic heterocycles. The van der Waals surface area contributed by atoms with Crippen molar-refractivity contribution in [1.29, 1.82) is 0 Å². The molecule has 0 bridgehead atoms. The highest BCUT2D eigenvalue weighted by molar-refractivity contribution is 5.97. The predicted molar refractivity (Wildman–Crippen MR) is 259 cm³/mol. The molecule has 354 valence electrons. The fourth-order valence-corrected chi connectivity index (χ4v) is 9.24. The number of carbonyl (C=O) groups excluding carboxylic acids is 4. The number of anilines is 2. The van der Waals surface area contributed by atoms with Gasteiger partial charge in [-0.05, 0) is 93.3 Å². The molecular formula is C53H70N6O7. The third-order valence-electron chi connectivity index (χ3n) is 12.5. The maximum Gasteiger partial charge on any atom is 0.415 e. The van der Waals surface area contributed by atoms with E-state index < -0.39 is 76.9 Å². The van der Waals surface area contributed by atoms with Gasteiger partial charge in [-0.1, -0.05) is 145 Å². The maximum absolute atomic E-state index is 16.3. The SMILES string of the molecule is CC[C@@H](C)[C@H](NC(=O)[C@@H]1CCCN1)C(=O)N(C)[C@H](C(=O)N(Nc1ccccc1)[C@@](C(=O)O)(c1ccccc1)C(C(C)C)C(c1ccccc1)N(C(=O)OC(C)(C)C)c1ccccc1)C(C)C. The number of rotatable bonds is 19. The summed E-state index contributed by atoms with van der Waals surface area (Å²) in [5.41, 5.74) is 1.71. The minimum absolute atomic E-state index is 0.247. The average Bonchev–Trinajstić information content (AvgIpc) is 3.84. The Morgan fingerprint density at radius 3 is 1.80 bits per heavy atom. The zero-order valence-electron chi connectivity index (χ0n) is 40.2. The van der Waals surface area contributed by atoms with Gasteiger partial charge in [0, 0.05) is 18.7 Å². The van der Waals surface area contributed by atoms with Gasteiger partial charge in [0.2, 0.25) is 11.8 Å². The zero-order chi connectivity index (χ0) is 48.3. The lowest BCUT2D eigenvalue weighted by Gasteiger charge is -2.53. The van der Waals surface area contributed by atoms with Crippen molar-refractivity contribution < 1.29 is 33.8 Å². The minimum Gasteiger partial charge on any atom is -0.479 e. The van der Waals surface area contributed by atoms with Crippen molar-refractivity contribution in [3.63, 3.8) is 0 Å². The fraction of sp³-hybridized carbons (Fsp3) is 0.453. The van der Waals surface area contributed by atoms with Crippen LogP contribution in [-0.2, 0) is 29.5 Å². The first kappa shape index (κ1) is 50.8. The minimum atomic E-state index is -2.34. The van der Waals surface area contributed by atoms with E-state index in [0.717, 1.165) is 6.42 Å². The zero-order valence-corrected chi connectivity index (χ0v) is 40.2. The average molecular weight is 903 g/mol. The monoisotopic (exact) mass is 903 g/mol. The van der Waals surface area contributed by atoms with Crippen molar-refractivity contribution in [1.82, 2.24) is 20.5 Å². The Bertz CT molecular complexity index is 2210. The number of hydrogen-bond acceptors (Lipinski definition) is 8. The molecule has 4 aromatic carbocycles. The second-order valence-electron chi connectivity index (χ2n) is 19.1. The number of nitrogens with zero attached hydrogens (tertiary/aromatic N) is 3. The van der Waals surface area contributed by atoms with E-state index in [9.17, 15) is 19.5 Å². The first-order chi connectivity index (χ1) is 31.3. The van der Waals surface area contributed by atoms with Crippen LogP contribution in [0.2, 0.25) is 0 Å². The quantitative estimate of drug-likeness (QED) is 0.0674. The number of para-hydroxylation sites is 2. The summed E-state index contributed by atoms with van der Waals surface area (Å²) in [6.45, 7) is 17.2. The van der Waals surface area contributed by atoms with Crippen LogP contribution in [0.5, 0.6) is 0 Å². The van der Waals surface area contributed by atoms with E-state index in [1.807, 2.05) is 84.0 Å². The van der Waals surface area contributed by atoms with Crippen LogP contribution in [0.4, 0.5) is 16.2 Å². The lowest BCUT2D eigenvalue weighted by atomic mass is 9.66. The van der Waals surface area contributed by atoms with Gasteiger partial charge < -0.3 is 25.4 Å². The Labute approximate surface area is 391 Å². The van der Waals surface area contributed by atoms with Crippen molar-refractivity contribution in [3.8, 4) is 0 Å². The Balaban J connectivity index is 1.85. The lowest BCUT2D eigenvalue weighted by molar-refractivity contribution is -0.170. The number of carboxylic acids is 1. The summed E-state index contributed by atoms with van der Waals surface area (Å²) in [6.07, 6.45) is 1.33. The van der Waals surface area contributed by atoms with Crippen LogP contribution in [0.25, 0.3) is 0 Å². The Morgan fingerprint density at radius 2 is 1.32 bits per heavy atom. The van der Waals surface area contributed by atoms with Gasteiger partial charge in [-0.25, -0.2) is 14.6 Å². The normalized spacial score (nSPS) is 17.1. The molecule has 7 atom stereocenters. The van der Waals surface area contributed by atoms with Crippen LogP contribution >= 0.6 is 0 Å². The highest BCUT2D eigenvalue weighted by Gasteiger charge is 2.61. The highest BCUT2D eigenvalue weighted by atomic mass is 16.6.